The van der Waals surface area contributed by atoms with E-state index in [-0.39, 0.29) is 0 Å². The molecule has 0 radical (unpaired) electrons. The number of hydrogen-bond donors (Lipinski definition) is 1. The van der Waals surface area contributed by atoms with Crippen LogP contribution in [0, 0.1) is 0 Å². The van der Waals surface area contributed by atoms with Gasteiger partial charge in [0, 0.05) is 18.7 Å². The number of nitrogens with zero attached hydrogens (tertiary/aromatic N) is 1. The van der Waals surface area contributed by atoms with E-state index in [0.717, 1.165) is 11.3 Å². The molecule has 1 N–H and O–H groups in total. The predicted molar refractivity (Wildman–Crippen MR) is 63.1 cm³/mol. The van der Waals surface area contributed by atoms with Crippen LogP contribution in [0.4, 0.5) is 5.69 Å². The Hall–Kier alpha value is -1.07. The molecule has 0 amide bonds. The maximum absolute atomic E-state index is 11.5. The molecule has 4 nitrogen and oxygen atoms in total. The first-order chi connectivity index (χ1) is 7.40. The summed E-state index contributed by atoms with van der Waals surface area (Å²) in [6.07, 6.45) is 0.329. The molecule has 1 heterocycles. The summed E-state index contributed by atoms with van der Waals surface area (Å²) in [7, 11) is -4.11. The first kappa shape index (κ1) is 11.4. The van der Waals surface area contributed by atoms with Gasteiger partial charge in [-0.25, -0.2) is 0 Å². The molecule has 0 bridgehead atoms. The van der Waals surface area contributed by atoms with Crippen molar-refractivity contribution in [2.45, 2.75) is 25.1 Å². The normalized spacial score (nSPS) is 24.6. The Morgan fingerprint density at radius 2 is 2.06 bits per heavy atom. The predicted octanol–water partition coefficient (Wildman–Crippen LogP) is 1.67. The third-order valence-corrected chi connectivity index (χ3v) is 4.72. The Morgan fingerprint density at radius 1 is 1.44 bits per heavy atom. The van der Waals surface area contributed by atoms with Crippen molar-refractivity contribution >= 4 is 15.8 Å². The van der Waals surface area contributed by atoms with Gasteiger partial charge in [-0.3, -0.25) is 4.55 Å². The monoisotopic (exact) mass is 241 g/mol. The Balaban J connectivity index is 2.58. The van der Waals surface area contributed by atoms with Gasteiger partial charge in [0.15, 0.2) is 4.87 Å². The van der Waals surface area contributed by atoms with Crippen LogP contribution in [-0.2, 0) is 16.5 Å². The second-order valence-corrected chi connectivity index (χ2v) is 6.03. The van der Waals surface area contributed by atoms with Crippen molar-refractivity contribution in [1.82, 2.24) is 0 Å². The van der Waals surface area contributed by atoms with Gasteiger partial charge < -0.3 is 4.90 Å². The standard InChI is InChI=1S/C11H15NO3S/c1-3-12-10-7-5-4-6-9(10)8-11(12,2)16(13,14)15/h4-7H,3,8H2,1-2H3,(H,13,14,15). The number of para-hydroxylation sites is 1. The van der Waals surface area contributed by atoms with E-state index in [1.165, 1.54) is 0 Å². The number of anilines is 1. The average molecular weight is 241 g/mol. The molecule has 0 fully saturated rings. The highest BCUT2D eigenvalue weighted by Gasteiger charge is 2.48. The van der Waals surface area contributed by atoms with Crippen LogP contribution < -0.4 is 4.90 Å². The van der Waals surface area contributed by atoms with Crippen molar-refractivity contribution in [1.29, 1.82) is 0 Å². The van der Waals surface area contributed by atoms with Gasteiger partial charge in [0.25, 0.3) is 10.1 Å². The van der Waals surface area contributed by atoms with E-state index in [0.29, 0.717) is 13.0 Å². The van der Waals surface area contributed by atoms with Gasteiger partial charge in [0.2, 0.25) is 0 Å². The van der Waals surface area contributed by atoms with E-state index >= 15 is 0 Å². The molecule has 2 rings (SSSR count). The Kier molecular flexibility index (Phi) is 2.47. The maximum Gasteiger partial charge on any atom is 0.289 e. The van der Waals surface area contributed by atoms with Gasteiger partial charge in [-0.1, -0.05) is 18.2 Å². The molecule has 0 spiro atoms. The zero-order valence-electron chi connectivity index (χ0n) is 9.34. The van der Waals surface area contributed by atoms with Crippen molar-refractivity contribution < 1.29 is 13.0 Å². The third-order valence-electron chi connectivity index (χ3n) is 3.24. The molecule has 16 heavy (non-hydrogen) atoms. The van der Waals surface area contributed by atoms with Gasteiger partial charge in [0.05, 0.1) is 0 Å². The van der Waals surface area contributed by atoms with E-state index < -0.39 is 15.0 Å². The smallest absolute Gasteiger partial charge is 0.289 e. The lowest BCUT2D eigenvalue weighted by atomic mass is 10.1. The fraction of sp³-hybridized carbons (Fsp3) is 0.455. The van der Waals surface area contributed by atoms with Gasteiger partial charge >= 0.3 is 0 Å². The number of hydrogen-bond acceptors (Lipinski definition) is 3. The molecule has 0 saturated carbocycles. The first-order valence-electron chi connectivity index (χ1n) is 5.23. The topological polar surface area (TPSA) is 57.6 Å². The summed E-state index contributed by atoms with van der Waals surface area (Å²) < 4.78 is 32.4. The summed E-state index contributed by atoms with van der Waals surface area (Å²) in [6.45, 7) is 3.99. The highest BCUT2D eigenvalue weighted by atomic mass is 32.2. The van der Waals surface area contributed by atoms with E-state index in [1.54, 1.807) is 11.8 Å². The van der Waals surface area contributed by atoms with E-state index in [9.17, 15) is 13.0 Å². The van der Waals surface area contributed by atoms with Gasteiger partial charge in [-0.05, 0) is 25.5 Å². The zero-order valence-corrected chi connectivity index (χ0v) is 10.2. The summed E-state index contributed by atoms with van der Waals surface area (Å²) in [4.78, 5) is 0.503. The van der Waals surface area contributed by atoms with Gasteiger partial charge in [-0.15, -0.1) is 0 Å². The Labute approximate surface area is 95.6 Å². The lowest BCUT2D eigenvalue weighted by Crippen LogP contribution is -2.50. The molecule has 0 saturated heterocycles. The van der Waals surface area contributed by atoms with Crippen molar-refractivity contribution in [3.8, 4) is 0 Å². The molecule has 5 heteroatoms. The second-order valence-electron chi connectivity index (χ2n) is 4.20. The van der Waals surface area contributed by atoms with Gasteiger partial charge in [0.1, 0.15) is 0 Å². The lowest BCUT2D eigenvalue weighted by Gasteiger charge is -2.33. The average Bonchev–Trinajstić information content (AvgIpc) is 2.49. The lowest BCUT2D eigenvalue weighted by molar-refractivity contribution is 0.429. The van der Waals surface area contributed by atoms with E-state index in [2.05, 4.69) is 0 Å². The minimum absolute atomic E-state index is 0.329. The largest absolute Gasteiger partial charge is 0.351 e. The molecular formula is C11H15NO3S. The number of benzene rings is 1. The summed E-state index contributed by atoms with van der Waals surface area (Å²) in [5.41, 5.74) is 1.86. The van der Waals surface area contributed by atoms with Crippen LogP contribution in [-0.4, -0.2) is 24.4 Å². The molecule has 0 aliphatic carbocycles. The molecule has 1 atom stereocenters. The van der Waals surface area contributed by atoms with Crippen LogP contribution in [0.5, 0.6) is 0 Å². The Bertz CT molecular complexity index is 512. The van der Waals surface area contributed by atoms with Crippen molar-refractivity contribution in [3.63, 3.8) is 0 Å². The van der Waals surface area contributed by atoms with Crippen LogP contribution >= 0.6 is 0 Å². The maximum atomic E-state index is 11.5. The van der Waals surface area contributed by atoms with Crippen molar-refractivity contribution in [2.24, 2.45) is 0 Å². The quantitative estimate of drug-likeness (QED) is 0.800. The second kappa shape index (κ2) is 3.46. The molecule has 0 aromatic heterocycles. The summed E-state index contributed by atoms with van der Waals surface area (Å²) in [5, 5.41) is 0. The number of likely N-dealkylation sites (N-methyl/N-ethyl adjacent to an activating group) is 1. The molecule has 1 aliphatic heterocycles. The van der Waals surface area contributed by atoms with Crippen LogP contribution in [0.15, 0.2) is 24.3 Å². The molecule has 1 aromatic carbocycles. The minimum atomic E-state index is -4.11. The highest BCUT2D eigenvalue weighted by molar-refractivity contribution is 7.87. The molecule has 1 aliphatic rings. The van der Waals surface area contributed by atoms with Crippen LogP contribution in [0.1, 0.15) is 19.4 Å². The summed E-state index contributed by atoms with van der Waals surface area (Å²) in [5.74, 6) is 0. The Morgan fingerprint density at radius 3 is 2.62 bits per heavy atom. The third kappa shape index (κ3) is 1.43. The van der Waals surface area contributed by atoms with Crippen LogP contribution in [0.25, 0.3) is 0 Å². The first-order valence-corrected chi connectivity index (χ1v) is 6.67. The zero-order chi connectivity index (χ0) is 12.0. The fourth-order valence-corrected chi connectivity index (χ4v) is 3.21. The van der Waals surface area contributed by atoms with Crippen LogP contribution in [0.2, 0.25) is 0 Å². The van der Waals surface area contributed by atoms with Gasteiger partial charge in [-0.2, -0.15) is 8.42 Å². The fourth-order valence-electron chi connectivity index (χ4n) is 2.36. The van der Waals surface area contributed by atoms with Crippen molar-refractivity contribution in [2.75, 3.05) is 11.4 Å². The molecule has 88 valence electrons. The molecule has 1 unspecified atom stereocenters. The number of fused-ring (bicyclic) bond motifs is 1. The summed E-state index contributed by atoms with van der Waals surface area (Å²) in [6, 6.07) is 7.53. The minimum Gasteiger partial charge on any atom is -0.351 e. The highest BCUT2D eigenvalue weighted by Crippen LogP contribution is 2.40. The number of rotatable bonds is 2. The summed E-state index contributed by atoms with van der Waals surface area (Å²) >= 11 is 0. The molecular weight excluding hydrogens is 226 g/mol. The van der Waals surface area contributed by atoms with Crippen molar-refractivity contribution in [3.05, 3.63) is 29.8 Å². The molecule has 1 aromatic rings. The van der Waals surface area contributed by atoms with Crippen LogP contribution in [0.3, 0.4) is 0 Å². The van der Waals surface area contributed by atoms with E-state index in [4.69, 9.17) is 0 Å². The SMILES string of the molecule is CCN1c2ccccc2CC1(C)S(=O)(=O)O. The van der Waals surface area contributed by atoms with E-state index in [1.807, 2.05) is 31.2 Å².